The Morgan fingerprint density at radius 2 is 2.00 bits per heavy atom. The third kappa shape index (κ3) is 1.50. The van der Waals surface area contributed by atoms with Crippen molar-refractivity contribution in [1.82, 2.24) is 4.57 Å². The number of fused-ring (bicyclic) bond motifs is 1. The van der Waals surface area contributed by atoms with Crippen molar-refractivity contribution in [2.45, 2.75) is 19.8 Å². The number of aryl methyl sites for hydroxylation is 1. The van der Waals surface area contributed by atoms with Crippen molar-refractivity contribution in [1.29, 1.82) is 5.26 Å². The van der Waals surface area contributed by atoms with Crippen LogP contribution in [0.15, 0.2) is 24.3 Å². The number of nitrogens with zero attached hydrogens (tertiary/aromatic N) is 2. The van der Waals surface area contributed by atoms with Gasteiger partial charge < -0.3 is 4.57 Å². The van der Waals surface area contributed by atoms with Crippen LogP contribution in [0.5, 0.6) is 0 Å². The monoisotopic (exact) mass is 198 g/mol. The van der Waals surface area contributed by atoms with E-state index >= 15 is 0 Å². The van der Waals surface area contributed by atoms with Gasteiger partial charge in [-0.3, -0.25) is 0 Å². The van der Waals surface area contributed by atoms with Crippen LogP contribution in [0.1, 0.15) is 31.0 Å². The molecule has 0 amide bonds. The maximum Gasteiger partial charge on any atom is 0.0991 e. The molecule has 0 atom stereocenters. The molecule has 2 aromatic rings. The molecule has 2 nitrogen and oxygen atoms in total. The van der Waals surface area contributed by atoms with Crippen molar-refractivity contribution < 1.29 is 0 Å². The molecule has 0 saturated heterocycles. The molecule has 0 spiro atoms. The lowest BCUT2D eigenvalue weighted by atomic mass is 10.1. The zero-order chi connectivity index (χ0) is 11.0. The summed E-state index contributed by atoms with van der Waals surface area (Å²) in [4.78, 5) is 0. The molecule has 0 fully saturated rings. The number of hydrogen-bond donors (Lipinski definition) is 0. The minimum absolute atomic E-state index is 0.507. The molecule has 2 rings (SSSR count). The Hall–Kier alpha value is -1.75. The van der Waals surface area contributed by atoms with E-state index in [9.17, 15) is 0 Å². The predicted octanol–water partition coefficient (Wildman–Crippen LogP) is 3.17. The second-order valence-corrected chi connectivity index (χ2v) is 4.17. The van der Waals surface area contributed by atoms with E-state index in [1.54, 1.807) is 0 Å². The van der Waals surface area contributed by atoms with Crippen LogP contribution in [0.2, 0.25) is 0 Å². The summed E-state index contributed by atoms with van der Waals surface area (Å²) in [5, 5.41) is 9.98. The Morgan fingerprint density at radius 1 is 1.27 bits per heavy atom. The highest BCUT2D eigenvalue weighted by atomic mass is 14.9. The van der Waals surface area contributed by atoms with E-state index in [0.29, 0.717) is 5.92 Å². The van der Waals surface area contributed by atoms with Gasteiger partial charge in [-0.25, -0.2) is 0 Å². The number of hydrogen-bond acceptors (Lipinski definition) is 1. The molecule has 0 N–H and O–H groups in total. The average molecular weight is 198 g/mol. The molecule has 0 unspecified atom stereocenters. The van der Waals surface area contributed by atoms with E-state index in [-0.39, 0.29) is 0 Å². The van der Waals surface area contributed by atoms with E-state index in [1.807, 2.05) is 18.2 Å². The molecule has 1 heterocycles. The first-order valence-corrected chi connectivity index (χ1v) is 5.13. The topological polar surface area (TPSA) is 28.7 Å². The summed E-state index contributed by atoms with van der Waals surface area (Å²) in [6.45, 7) is 4.36. The van der Waals surface area contributed by atoms with E-state index in [4.69, 9.17) is 5.26 Å². The zero-order valence-electron chi connectivity index (χ0n) is 9.28. The zero-order valence-corrected chi connectivity index (χ0v) is 9.28. The quantitative estimate of drug-likeness (QED) is 0.691. The van der Waals surface area contributed by atoms with Crippen LogP contribution in [0.25, 0.3) is 10.9 Å². The molecule has 15 heavy (non-hydrogen) atoms. The van der Waals surface area contributed by atoms with Crippen molar-refractivity contribution in [2.75, 3.05) is 0 Å². The largest absolute Gasteiger partial charge is 0.347 e. The molecule has 1 aromatic heterocycles. The van der Waals surface area contributed by atoms with Crippen LogP contribution >= 0.6 is 0 Å². The number of nitriles is 1. The second kappa shape index (κ2) is 3.43. The highest BCUT2D eigenvalue weighted by Gasteiger charge is 2.08. The standard InChI is InChI=1S/C13H14N2/c1-9(2)13-7-11-6-10(8-14)4-5-12(11)15(13)3/h4-7,9H,1-3H3. The fourth-order valence-corrected chi connectivity index (χ4v) is 1.99. The Kier molecular flexibility index (Phi) is 2.24. The minimum atomic E-state index is 0.507. The van der Waals surface area contributed by atoms with Crippen LogP contribution in [-0.4, -0.2) is 4.57 Å². The average Bonchev–Trinajstić information content (AvgIpc) is 2.55. The van der Waals surface area contributed by atoms with Crippen LogP contribution in [0.4, 0.5) is 0 Å². The van der Waals surface area contributed by atoms with Gasteiger partial charge in [0.1, 0.15) is 0 Å². The minimum Gasteiger partial charge on any atom is -0.347 e. The molecule has 0 aliphatic rings. The van der Waals surface area contributed by atoms with Crippen molar-refractivity contribution in [3.05, 3.63) is 35.5 Å². The molecular formula is C13H14N2. The smallest absolute Gasteiger partial charge is 0.0991 e. The highest BCUT2D eigenvalue weighted by molar-refractivity contribution is 5.82. The lowest BCUT2D eigenvalue weighted by Crippen LogP contribution is -1.97. The normalized spacial score (nSPS) is 10.9. The summed E-state index contributed by atoms with van der Waals surface area (Å²) in [6.07, 6.45) is 0. The maximum absolute atomic E-state index is 8.83. The molecule has 0 aliphatic carbocycles. The van der Waals surface area contributed by atoms with Gasteiger partial charge in [0.25, 0.3) is 0 Å². The number of benzene rings is 1. The summed E-state index contributed by atoms with van der Waals surface area (Å²) in [6, 6.07) is 10.2. The van der Waals surface area contributed by atoms with E-state index in [0.717, 1.165) is 10.9 Å². The second-order valence-electron chi connectivity index (χ2n) is 4.17. The predicted molar refractivity (Wildman–Crippen MR) is 61.7 cm³/mol. The van der Waals surface area contributed by atoms with E-state index < -0.39 is 0 Å². The summed E-state index contributed by atoms with van der Waals surface area (Å²) in [7, 11) is 2.07. The molecule has 76 valence electrons. The van der Waals surface area contributed by atoms with Gasteiger partial charge >= 0.3 is 0 Å². The van der Waals surface area contributed by atoms with E-state index in [2.05, 4.69) is 37.6 Å². The SMILES string of the molecule is CC(C)c1cc2cc(C#N)ccc2n1C. The Balaban J connectivity index is 2.72. The lowest BCUT2D eigenvalue weighted by Gasteiger charge is -2.06. The fraction of sp³-hybridized carbons (Fsp3) is 0.308. The van der Waals surface area contributed by atoms with Crippen molar-refractivity contribution in [3.8, 4) is 6.07 Å². The summed E-state index contributed by atoms with van der Waals surface area (Å²) >= 11 is 0. The third-order valence-electron chi connectivity index (χ3n) is 2.80. The molecule has 0 radical (unpaired) electrons. The fourth-order valence-electron chi connectivity index (χ4n) is 1.99. The Morgan fingerprint density at radius 3 is 2.60 bits per heavy atom. The van der Waals surface area contributed by atoms with Gasteiger partial charge in [-0.15, -0.1) is 0 Å². The summed E-state index contributed by atoms with van der Waals surface area (Å²) in [5.74, 6) is 0.507. The maximum atomic E-state index is 8.83. The molecule has 0 saturated carbocycles. The molecular weight excluding hydrogens is 184 g/mol. The highest BCUT2D eigenvalue weighted by Crippen LogP contribution is 2.24. The van der Waals surface area contributed by atoms with Gasteiger partial charge in [0.15, 0.2) is 0 Å². The lowest BCUT2D eigenvalue weighted by molar-refractivity contribution is 0.755. The van der Waals surface area contributed by atoms with Gasteiger partial charge in [-0.1, -0.05) is 13.8 Å². The number of rotatable bonds is 1. The van der Waals surface area contributed by atoms with Crippen molar-refractivity contribution in [2.24, 2.45) is 7.05 Å². The summed E-state index contributed by atoms with van der Waals surface area (Å²) in [5.41, 5.74) is 3.22. The van der Waals surface area contributed by atoms with Crippen molar-refractivity contribution >= 4 is 10.9 Å². The van der Waals surface area contributed by atoms with Crippen LogP contribution in [-0.2, 0) is 7.05 Å². The van der Waals surface area contributed by atoms with Gasteiger partial charge in [0.05, 0.1) is 11.6 Å². The number of aromatic nitrogens is 1. The first kappa shape index (κ1) is 9.79. The first-order chi connectivity index (χ1) is 7.13. The molecule has 0 bridgehead atoms. The molecule has 0 aliphatic heterocycles. The van der Waals surface area contributed by atoms with Gasteiger partial charge in [-0.05, 0) is 30.2 Å². The van der Waals surface area contributed by atoms with Crippen molar-refractivity contribution in [3.63, 3.8) is 0 Å². The van der Waals surface area contributed by atoms with E-state index in [1.165, 1.54) is 11.2 Å². The van der Waals surface area contributed by atoms with Crippen LogP contribution in [0.3, 0.4) is 0 Å². The Labute approximate surface area is 89.7 Å². The van der Waals surface area contributed by atoms with Gasteiger partial charge in [0.2, 0.25) is 0 Å². The molecule has 1 aromatic carbocycles. The van der Waals surface area contributed by atoms with Crippen LogP contribution in [0, 0.1) is 11.3 Å². The van der Waals surface area contributed by atoms with Gasteiger partial charge in [-0.2, -0.15) is 5.26 Å². The van der Waals surface area contributed by atoms with Crippen LogP contribution < -0.4 is 0 Å². The molecule has 2 heteroatoms. The summed E-state index contributed by atoms with van der Waals surface area (Å²) < 4.78 is 2.20. The Bertz CT molecular complexity index is 541. The first-order valence-electron chi connectivity index (χ1n) is 5.13. The third-order valence-corrected chi connectivity index (χ3v) is 2.80. The van der Waals surface area contributed by atoms with Gasteiger partial charge in [0, 0.05) is 23.6 Å².